The Kier molecular flexibility index (Phi) is 9.02. The van der Waals surface area contributed by atoms with Crippen molar-refractivity contribution in [1.29, 1.82) is 0 Å². The van der Waals surface area contributed by atoms with Gasteiger partial charge in [-0.05, 0) is 44.5 Å². The summed E-state index contributed by atoms with van der Waals surface area (Å²) < 4.78 is 20.0. The number of ether oxygens (including phenoxy) is 1. The van der Waals surface area contributed by atoms with E-state index >= 15 is 0 Å². The molecule has 0 unspecified atom stereocenters. The van der Waals surface area contributed by atoms with E-state index in [0.717, 1.165) is 18.7 Å². The number of carbonyl (C=O) groups is 2. The number of rotatable bonds is 7. The number of nitrogens with one attached hydrogen (secondary N) is 1. The number of benzene rings is 2. The summed E-state index contributed by atoms with van der Waals surface area (Å²) in [5.74, 6) is -0.741. The van der Waals surface area contributed by atoms with E-state index in [1.165, 1.54) is 16.0 Å². The fourth-order valence-electron chi connectivity index (χ4n) is 4.52. The Bertz CT molecular complexity index is 1160. The third-order valence-electron chi connectivity index (χ3n) is 6.49. The molecular weight excluding hydrogens is 509 g/mol. The Morgan fingerprint density at radius 1 is 1.13 bits per heavy atom. The van der Waals surface area contributed by atoms with E-state index in [1.807, 2.05) is 32.9 Å². The summed E-state index contributed by atoms with van der Waals surface area (Å²) in [6, 6.07) is 12.8. The molecule has 2 aromatic rings. The van der Waals surface area contributed by atoms with Crippen LogP contribution >= 0.6 is 11.6 Å². The maximum atomic E-state index is 14.6. The summed E-state index contributed by atoms with van der Waals surface area (Å²) in [5.41, 5.74) is 1.20. The monoisotopic (exact) mass is 543 g/mol. The largest absolute Gasteiger partial charge is 0.379 e. The van der Waals surface area contributed by atoms with E-state index in [4.69, 9.17) is 16.3 Å². The average Bonchev–Trinajstić information content (AvgIpc) is 3.32. The van der Waals surface area contributed by atoms with Crippen LogP contribution in [-0.2, 0) is 9.53 Å². The zero-order valence-corrected chi connectivity index (χ0v) is 22.9. The average molecular weight is 544 g/mol. The number of halogens is 2. The molecule has 1 N–H and O–H groups in total. The van der Waals surface area contributed by atoms with Gasteiger partial charge in [-0.3, -0.25) is 9.69 Å². The molecule has 2 aromatic carbocycles. The first-order chi connectivity index (χ1) is 18.1. The minimum atomic E-state index is -0.465. The number of morpholine rings is 1. The molecule has 2 aliphatic rings. The molecule has 8 nitrogen and oxygen atoms in total. The van der Waals surface area contributed by atoms with Gasteiger partial charge >= 0.3 is 6.03 Å². The highest BCUT2D eigenvalue weighted by atomic mass is 35.5. The molecule has 0 spiro atoms. The lowest BCUT2D eigenvalue weighted by molar-refractivity contribution is -0.133. The third-order valence-corrected chi connectivity index (χ3v) is 6.74. The predicted molar refractivity (Wildman–Crippen MR) is 146 cm³/mol. The molecule has 1 atom stereocenters. The normalized spacial score (nSPS) is 18.3. The van der Waals surface area contributed by atoms with Crippen molar-refractivity contribution in [3.05, 3.63) is 70.5 Å². The lowest BCUT2D eigenvalue weighted by atomic mass is 9.98. The van der Waals surface area contributed by atoms with Gasteiger partial charge in [0, 0.05) is 48.7 Å². The second-order valence-corrected chi connectivity index (χ2v) is 11.0. The van der Waals surface area contributed by atoms with Crippen LogP contribution in [-0.4, -0.2) is 83.9 Å². The molecule has 1 fully saturated rings. The third kappa shape index (κ3) is 7.30. The molecule has 0 saturated carbocycles. The lowest BCUT2D eigenvalue weighted by Gasteiger charge is -2.32. The van der Waals surface area contributed by atoms with Crippen LogP contribution in [0, 0.1) is 5.82 Å². The second-order valence-electron chi connectivity index (χ2n) is 10.6. The molecule has 3 amide bonds. The van der Waals surface area contributed by atoms with Crippen molar-refractivity contribution in [3.8, 4) is 0 Å². The smallest absolute Gasteiger partial charge is 0.318 e. The van der Waals surface area contributed by atoms with Crippen molar-refractivity contribution >= 4 is 29.3 Å². The van der Waals surface area contributed by atoms with Crippen molar-refractivity contribution in [3.63, 3.8) is 0 Å². The number of urea groups is 1. The van der Waals surface area contributed by atoms with Gasteiger partial charge in [-0.25, -0.2) is 14.2 Å². The number of carbonyl (C=O) groups excluding carboxylic acids is 2. The number of hydrazone groups is 1. The topological polar surface area (TPSA) is 77.5 Å². The summed E-state index contributed by atoms with van der Waals surface area (Å²) in [4.78, 5) is 30.7. The Balaban J connectivity index is 1.58. The van der Waals surface area contributed by atoms with Crippen molar-refractivity contribution in [2.75, 3.05) is 45.9 Å². The van der Waals surface area contributed by atoms with Crippen molar-refractivity contribution in [2.24, 2.45) is 5.10 Å². The number of amides is 3. The molecule has 0 bridgehead atoms. The van der Waals surface area contributed by atoms with E-state index < -0.39 is 17.4 Å². The van der Waals surface area contributed by atoms with Crippen LogP contribution in [0.5, 0.6) is 0 Å². The Morgan fingerprint density at radius 3 is 2.47 bits per heavy atom. The molecule has 2 heterocycles. The minimum absolute atomic E-state index is 0.162. The second kappa shape index (κ2) is 12.2. The summed E-state index contributed by atoms with van der Waals surface area (Å²) in [6.07, 6.45) is 0.344. The maximum Gasteiger partial charge on any atom is 0.318 e. The van der Waals surface area contributed by atoms with E-state index in [-0.39, 0.29) is 18.5 Å². The van der Waals surface area contributed by atoms with Gasteiger partial charge in [-0.1, -0.05) is 41.9 Å². The van der Waals surface area contributed by atoms with Crippen LogP contribution in [0.1, 0.15) is 44.4 Å². The van der Waals surface area contributed by atoms with Gasteiger partial charge < -0.3 is 15.0 Å². The zero-order valence-electron chi connectivity index (χ0n) is 22.1. The first-order valence-electron chi connectivity index (χ1n) is 12.9. The van der Waals surface area contributed by atoms with Gasteiger partial charge in [0.15, 0.2) is 0 Å². The molecular formula is C28H35ClFN5O3. The minimum Gasteiger partial charge on any atom is -0.379 e. The Morgan fingerprint density at radius 2 is 1.82 bits per heavy atom. The van der Waals surface area contributed by atoms with Crippen LogP contribution in [0.15, 0.2) is 53.6 Å². The highest BCUT2D eigenvalue weighted by Gasteiger charge is 2.35. The first-order valence-corrected chi connectivity index (χ1v) is 13.3. The summed E-state index contributed by atoms with van der Waals surface area (Å²) in [5, 5.41) is 9.51. The van der Waals surface area contributed by atoms with Crippen molar-refractivity contribution in [1.82, 2.24) is 20.1 Å². The first kappa shape index (κ1) is 28.0. The fourth-order valence-corrected chi connectivity index (χ4v) is 4.64. The Labute approximate surface area is 228 Å². The molecule has 204 valence electrons. The predicted octanol–water partition coefficient (Wildman–Crippen LogP) is 4.30. The summed E-state index contributed by atoms with van der Waals surface area (Å²) in [7, 11) is 0. The van der Waals surface area contributed by atoms with Crippen LogP contribution < -0.4 is 5.32 Å². The van der Waals surface area contributed by atoms with E-state index in [2.05, 4.69) is 15.3 Å². The zero-order chi connectivity index (χ0) is 27.3. The number of hydrogen-bond acceptors (Lipinski definition) is 5. The molecule has 2 aliphatic heterocycles. The van der Waals surface area contributed by atoms with Gasteiger partial charge in [0.25, 0.3) is 5.91 Å². The van der Waals surface area contributed by atoms with Crippen molar-refractivity contribution in [2.45, 2.75) is 38.8 Å². The van der Waals surface area contributed by atoms with Gasteiger partial charge in [-0.2, -0.15) is 5.10 Å². The molecule has 38 heavy (non-hydrogen) atoms. The highest BCUT2D eigenvalue weighted by Crippen LogP contribution is 2.34. The maximum absolute atomic E-state index is 14.6. The molecule has 10 heteroatoms. The lowest BCUT2D eigenvalue weighted by Crippen LogP contribution is -2.53. The molecule has 1 saturated heterocycles. The highest BCUT2D eigenvalue weighted by molar-refractivity contribution is 6.30. The van der Waals surface area contributed by atoms with Gasteiger partial charge in [0.05, 0.1) is 25.0 Å². The van der Waals surface area contributed by atoms with Crippen molar-refractivity contribution < 1.29 is 18.7 Å². The van der Waals surface area contributed by atoms with Crippen LogP contribution in [0.3, 0.4) is 0 Å². The quantitative estimate of drug-likeness (QED) is 0.565. The van der Waals surface area contributed by atoms with Gasteiger partial charge in [0.1, 0.15) is 12.4 Å². The molecule has 0 radical (unpaired) electrons. The van der Waals surface area contributed by atoms with Gasteiger partial charge in [0.2, 0.25) is 0 Å². The molecule has 0 aromatic heterocycles. The van der Waals surface area contributed by atoms with E-state index in [9.17, 15) is 14.0 Å². The van der Waals surface area contributed by atoms with Crippen LogP contribution in [0.25, 0.3) is 0 Å². The summed E-state index contributed by atoms with van der Waals surface area (Å²) >= 11 is 6.10. The van der Waals surface area contributed by atoms with E-state index in [1.54, 1.807) is 30.3 Å². The van der Waals surface area contributed by atoms with Gasteiger partial charge in [-0.15, -0.1) is 0 Å². The standard InChI is InChI=1S/C28H35ClFN5O3/c1-28(2,3)31-27(37)34(13-12-33-14-16-38-17-15-33)19-26(36)35-25(20-8-10-21(29)11-9-20)18-24(32-35)22-6-4-5-7-23(22)30/h4-11,25H,12-19H2,1-3H3,(H,31,37)/t25-/m0/s1. The van der Waals surface area contributed by atoms with Crippen LogP contribution in [0.2, 0.25) is 5.02 Å². The molecule has 4 rings (SSSR count). The SMILES string of the molecule is CC(C)(C)NC(=O)N(CCN1CCOCC1)CC(=O)N1N=C(c2ccccc2F)C[C@H]1c1ccc(Cl)cc1. The van der Waals surface area contributed by atoms with Crippen LogP contribution in [0.4, 0.5) is 9.18 Å². The molecule has 0 aliphatic carbocycles. The Hall–Kier alpha value is -3.01. The summed E-state index contributed by atoms with van der Waals surface area (Å²) in [6.45, 7) is 9.39. The number of hydrogen-bond donors (Lipinski definition) is 1. The fraction of sp³-hybridized carbons (Fsp3) is 0.464. The van der Waals surface area contributed by atoms with E-state index in [0.29, 0.717) is 49.0 Å². The number of nitrogens with zero attached hydrogens (tertiary/aromatic N) is 4.